The minimum atomic E-state index is -0.254. The summed E-state index contributed by atoms with van der Waals surface area (Å²) in [6.07, 6.45) is 3.76. The summed E-state index contributed by atoms with van der Waals surface area (Å²) in [7, 11) is 0. The van der Waals surface area contributed by atoms with E-state index in [9.17, 15) is 9.50 Å². The fourth-order valence-corrected chi connectivity index (χ4v) is 4.41. The fourth-order valence-electron chi connectivity index (χ4n) is 3.53. The first-order chi connectivity index (χ1) is 17.1. The molecule has 5 aromatic rings. The van der Waals surface area contributed by atoms with Crippen LogP contribution >= 0.6 is 11.8 Å². The SMILES string of the molecule is Oc1ccc(Sc2ccc(OCCc3cccc(F)c3)cc2Nc2ncnc3ncccc23)cc1. The maximum Gasteiger partial charge on any atom is 0.164 e. The molecule has 8 heteroatoms. The molecule has 0 saturated heterocycles. The summed E-state index contributed by atoms with van der Waals surface area (Å²) < 4.78 is 19.4. The van der Waals surface area contributed by atoms with Crippen LogP contribution in [-0.2, 0) is 6.42 Å². The first-order valence-electron chi connectivity index (χ1n) is 10.9. The smallest absolute Gasteiger partial charge is 0.164 e. The number of anilines is 2. The zero-order valence-electron chi connectivity index (χ0n) is 18.6. The number of benzene rings is 3. The molecule has 6 nitrogen and oxygen atoms in total. The first kappa shape index (κ1) is 22.6. The molecule has 3 aromatic carbocycles. The van der Waals surface area contributed by atoms with E-state index in [4.69, 9.17) is 4.74 Å². The van der Waals surface area contributed by atoms with Crippen LogP contribution < -0.4 is 10.1 Å². The van der Waals surface area contributed by atoms with Crippen LogP contribution in [-0.4, -0.2) is 26.7 Å². The molecule has 0 radical (unpaired) electrons. The molecule has 0 amide bonds. The van der Waals surface area contributed by atoms with Crippen LogP contribution in [0.15, 0.2) is 101 Å². The highest BCUT2D eigenvalue weighted by Gasteiger charge is 2.11. The van der Waals surface area contributed by atoms with Crippen LogP contribution in [0, 0.1) is 5.82 Å². The molecule has 0 bridgehead atoms. The van der Waals surface area contributed by atoms with Gasteiger partial charge in [0, 0.05) is 28.5 Å². The van der Waals surface area contributed by atoms with Crippen LogP contribution in [0.4, 0.5) is 15.9 Å². The van der Waals surface area contributed by atoms with E-state index < -0.39 is 0 Å². The summed E-state index contributed by atoms with van der Waals surface area (Å²) in [4.78, 5) is 14.9. The zero-order chi connectivity index (χ0) is 24.0. The van der Waals surface area contributed by atoms with E-state index >= 15 is 0 Å². The van der Waals surface area contributed by atoms with Gasteiger partial charge in [0.15, 0.2) is 5.65 Å². The van der Waals surface area contributed by atoms with Gasteiger partial charge in [-0.3, -0.25) is 0 Å². The molecule has 0 fully saturated rings. The summed E-state index contributed by atoms with van der Waals surface area (Å²) in [5.41, 5.74) is 2.28. The second-order valence-electron chi connectivity index (χ2n) is 7.70. The lowest BCUT2D eigenvalue weighted by Crippen LogP contribution is -2.03. The quantitative estimate of drug-likeness (QED) is 0.264. The van der Waals surface area contributed by atoms with Crippen LogP contribution in [0.2, 0.25) is 0 Å². The van der Waals surface area contributed by atoms with Crippen LogP contribution in [0.5, 0.6) is 11.5 Å². The number of ether oxygens (including phenoxy) is 1. The molecule has 2 aromatic heterocycles. The number of fused-ring (bicyclic) bond motifs is 1. The summed E-state index contributed by atoms with van der Waals surface area (Å²) in [6.45, 7) is 0.410. The van der Waals surface area contributed by atoms with Gasteiger partial charge in [-0.2, -0.15) is 0 Å². The normalized spacial score (nSPS) is 10.9. The predicted molar refractivity (Wildman–Crippen MR) is 135 cm³/mol. The van der Waals surface area contributed by atoms with Gasteiger partial charge in [0.05, 0.1) is 17.7 Å². The highest BCUT2D eigenvalue weighted by atomic mass is 32.2. The van der Waals surface area contributed by atoms with Crippen LogP contribution in [0.1, 0.15) is 5.56 Å². The maximum absolute atomic E-state index is 13.5. The molecule has 0 aliphatic heterocycles. The molecule has 35 heavy (non-hydrogen) atoms. The minimum Gasteiger partial charge on any atom is -0.508 e. The lowest BCUT2D eigenvalue weighted by atomic mass is 10.1. The van der Waals surface area contributed by atoms with Crippen molar-refractivity contribution < 1.29 is 14.2 Å². The summed E-state index contributed by atoms with van der Waals surface area (Å²) >= 11 is 1.55. The lowest BCUT2D eigenvalue weighted by Gasteiger charge is -2.15. The first-order valence-corrected chi connectivity index (χ1v) is 11.8. The van der Waals surface area contributed by atoms with Gasteiger partial charge in [0.2, 0.25) is 0 Å². The monoisotopic (exact) mass is 484 g/mol. The summed E-state index contributed by atoms with van der Waals surface area (Å²) in [6, 6.07) is 23.1. The van der Waals surface area contributed by atoms with Crippen molar-refractivity contribution in [2.24, 2.45) is 0 Å². The zero-order valence-corrected chi connectivity index (χ0v) is 19.4. The molecule has 0 unspecified atom stereocenters. The van der Waals surface area contributed by atoms with Gasteiger partial charge in [-0.05, 0) is 66.2 Å². The number of nitrogens with one attached hydrogen (secondary N) is 1. The molecular formula is C27H21FN4O2S. The van der Waals surface area contributed by atoms with Crippen molar-refractivity contribution in [2.75, 3.05) is 11.9 Å². The number of halogens is 1. The van der Waals surface area contributed by atoms with Crippen molar-refractivity contribution in [1.29, 1.82) is 0 Å². The van der Waals surface area contributed by atoms with Gasteiger partial charge in [-0.25, -0.2) is 19.3 Å². The number of rotatable bonds is 8. The number of phenolic OH excluding ortho intramolecular Hbond substituents is 1. The van der Waals surface area contributed by atoms with Crippen molar-refractivity contribution in [2.45, 2.75) is 16.2 Å². The molecule has 5 rings (SSSR count). The summed E-state index contributed by atoms with van der Waals surface area (Å²) in [5, 5.41) is 13.8. The van der Waals surface area contributed by atoms with Gasteiger partial charge in [0.1, 0.15) is 29.5 Å². The number of nitrogens with zero attached hydrogens (tertiary/aromatic N) is 3. The molecule has 2 heterocycles. The number of pyridine rings is 1. The number of hydrogen-bond acceptors (Lipinski definition) is 7. The van der Waals surface area contributed by atoms with Gasteiger partial charge < -0.3 is 15.2 Å². The van der Waals surface area contributed by atoms with Gasteiger partial charge >= 0.3 is 0 Å². The Morgan fingerprint density at radius 2 is 1.80 bits per heavy atom. The van der Waals surface area contributed by atoms with E-state index in [2.05, 4.69) is 20.3 Å². The van der Waals surface area contributed by atoms with Crippen molar-refractivity contribution in [3.63, 3.8) is 0 Å². The molecule has 0 spiro atoms. The molecule has 0 saturated carbocycles. The van der Waals surface area contributed by atoms with Crippen molar-refractivity contribution >= 4 is 34.3 Å². The van der Waals surface area contributed by atoms with Crippen molar-refractivity contribution in [1.82, 2.24) is 15.0 Å². The highest BCUT2D eigenvalue weighted by Crippen LogP contribution is 2.38. The largest absolute Gasteiger partial charge is 0.508 e. The number of hydrogen-bond donors (Lipinski definition) is 2. The average molecular weight is 485 g/mol. The topological polar surface area (TPSA) is 80.2 Å². The van der Waals surface area contributed by atoms with Gasteiger partial charge in [0.25, 0.3) is 0 Å². The van der Waals surface area contributed by atoms with E-state index in [1.165, 1.54) is 18.5 Å². The molecule has 174 valence electrons. The Labute approximate surface area is 205 Å². The average Bonchev–Trinajstić information content (AvgIpc) is 2.87. The summed E-state index contributed by atoms with van der Waals surface area (Å²) in [5.74, 6) is 1.27. The van der Waals surface area contributed by atoms with Crippen LogP contribution in [0.25, 0.3) is 11.0 Å². The fraction of sp³-hybridized carbons (Fsp3) is 0.0741. The van der Waals surface area contributed by atoms with E-state index in [1.807, 2.05) is 48.5 Å². The standard InChI is InChI=1S/C27H21FN4O2S/c28-19-4-1-3-18(15-19)12-14-34-21-8-11-25(35-22-9-6-20(33)7-10-22)24(16-21)32-27-23-5-2-13-29-26(23)30-17-31-27/h1-11,13,15-17,33H,12,14H2,(H,29,30,31,32). The lowest BCUT2D eigenvalue weighted by molar-refractivity contribution is 0.322. The van der Waals surface area contributed by atoms with E-state index in [1.54, 1.807) is 36.2 Å². The maximum atomic E-state index is 13.5. The second-order valence-corrected chi connectivity index (χ2v) is 8.82. The third-order valence-electron chi connectivity index (χ3n) is 5.23. The van der Waals surface area contributed by atoms with Crippen molar-refractivity contribution in [3.8, 4) is 11.5 Å². The molecule has 0 atom stereocenters. The highest BCUT2D eigenvalue weighted by molar-refractivity contribution is 7.99. The van der Waals surface area contributed by atoms with E-state index in [-0.39, 0.29) is 11.6 Å². The third-order valence-corrected chi connectivity index (χ3v) is 6.31. The van der Waals surface area contributed by atoms with E-state index in [0.29, 0.717) is 30.2 Å². The van der Waals surface area contributed by atoms with Crippen molar-refractivity contribution in [3.05, 3.63) is 103 Å². The Balaban J connectivity index is 1.41. The predicted octanol–water partition coefficient (Wildman–Crippen LogP) is 6.39. The minimum absolute atomic E-state index is 0.217. The number of phenols is 1. The van der Waals surface area contributed by atoms with Gasteiger partial charge in [-0.1, -0.05) is 23.9 Å². The number of aromatic nitrogens is 3. The third kappa shape index (κ3) is 5.67. The van der Waals surface area contributed by atoms with Gasteiger partial charge in [-0.15, -0.1) is 0 Å². The molecule has 2 N–H and O–H groups in total. The van der Waals surface area contributed by atoms with Crippen LogP contribution in [0.3, 0.4) is 0 Å². The molecular weight excluding hydrogens is 463 g/mol. The Hall–Kier alpha value is -4.17. The Morgan fingerprint density at radius 1 is 0.914 bits per heavy atom. The second kappa shape index (κ2) is 10.4. The Kier molecular flexibility index (Phi) is 6.72. The molecule has 0 aliphatic carbocycles. The molecule has 0 aliphatic rings. The Bertz CT molecular complexity index is 1460. The number of aromatic hydroxyl groups is 1. The Morgan fingerprint density at radius 3 is 2.66 bits per heavy atom. The van der Waals surface area contributed by atoms with E-state index in [0.717, 1.165) is 26.4 Å².